The van der Waals surface area contributed by atoms with Gasteiger partial charge in [-0.3, -0.25) is 9.78 Å². The van der Waals surface area contributed by atoms with Gasteiger partial charge in [-0.15, -0.1) is 0 Å². The number of aliphatic carboxylic acids is 1. The molecule has 1 unspecified atom stereocenters. The van der Waals surface area contributed by atoms with Crippen LogP contribution < -0.4 is 0 Å². The first-order valence-corrected chi connectivity index (χ1v) is 4.55. The van der Waals surface area contributed by atoms with E-state index in [-0.39, 0.29) is 6.42 Å². The number of hydrogen-bond donors (Lipinski definition) is 1. The molecule has 1 rings (SSSR count). The van der Waals surface area contributed by atoms with Crippen molar-refractivity contribution in [1.29, 1.82) is 0 Å². The first-order valence-electron chi connectivity index (χ1n) is 4.55. The lowest BCUT2D eigenvalue weighted by Gasteiger charge is -2.10. The van der Waals surface area contributed by atoms with E-state index in [1.54, 1.807) is 6.92 Å². The Kier molecular flexibility index (Phi) is 3.51. The first kappa shape index (κ1) is 12.5. The lowest BCUT2D eigenvalue weighted by molar-refractivity contribution is -0.138. The van der Waals surface area contributed by atoms with Gasteiger partial charge in [-0.05, 0) is 12.1 Å². The summed E-state index contributed by atoms with van der Waals surface area (Å²) < 4.78 is 36.6. The number of hydrogen-bond acceptors (Lipinski definition) is 2. The number of carbonyl (C=O) groups is 1. The van der Waals surface area contributed by atoms with Crippen molar-refractivity contribution < 1.29 is 23.1 Å². The molecule has 6 heteroatoms. The summed E-state index contributed by atoms with van der Waals surface area (Å²) in [7, 11) is 0. The normalized spacial score (nSPS) is 13.5. The molecular weight excluding hydrogens is 223 g/mol. The van der Waals surface area contributed by atoms with E-state index >= 15 is 0 Å². The van der Waals surface area contributed by atoms with Gasteiger partial charge in [0, 0.05) is 17.8 Å². The zero-order valence-electron chi connectivity index (χ0n) is 8.45. The van der Waals surface area contributed by atoms with E-state index in [1.165, 1.54) is 6.07 Å². The quantitative estimate of drug-likeness (QED) is 0.873. The lowest BCUT2D eigenvalue weighted by atomic mass is 10.0. The summed E-state index contributed by atoms with van der Waals surface area (Å²) in [6, 6.07) is 2.11. The molecule has 0 spiro atoms. The van der Waals surface area contributed by atoms with Gasteiger partial charge in [-0.1, -0.05) is 6.92 Å². The van der Waals surface area contributed by atoms with Crippen LogP contribution in [0.15, 0.2) is 18.3 Å². The summed E-state index contributed by atoms with van der Waals surface area (Å²) in [6.07, 6.45) is -3.85. The fourth-order valence-electron chi connectivity index (χ4n) is 1.23. The van der Waals surface area contributed by atoms with Crippen molar-refractivity contribution in [2.24, 2.45) is 0 Å². The maximum Gasteiger partial charge on any atom is 0.417 e. The van der Waals surface area contributed by atoms with Gasteiger partial charge >= 0.3 is 12.1 Å². The summed E-state index contributed by atoms with van der Waals surface area (Å²) >= 11 is 0. The number of aromatic nitrogens is 1. The third-order valence-corrected chi connectivity index (χ3v) is 2.10. The molecule has 1 heterocycles. The van der Waals surface area contributed by atoms with E-state index in [2.05, 4.69) is 4.98 Å². The summed E-state index contributed by atoms with van der Waals surface area (Å²) in [5.41, 5.74) is -0.492. The Morgan fingerprint density at radius 2 is 2.12 bits per heavy atom. The number of carboxylic acid groups (broad SMARTS) is 1. The molecule has 1 N–H and O–H groups in total. The minimum absolute atomic E-state index is 0.154. The molecule has 1 aromatic rings. The lowest BCUT2D eigenvalue weighted by Crippen LogP contribution is -2.08. The predicted octanol–water partition coefficient (Wildman–Crippen LogP) is 2.68. The summed E-state index contributed by atoms with van der Waals surface area (Å²) in [6.45, 7) is 1.60. The Morgan fingerprint density at radius 1 is 1.50 bits per heavy atom. The molecule has 0 saturated carbocycles. The van der Waals surface area contributed by atoms with Crippen molar-refractivity contribution in [1.82, 2.24) is 4.98 Å². The summed E-state index contributed by atoms with van der Waals surface area (Å²) in [5, 5.41) is 8.52. The van der Waals surface area contributed by atoms with Crippen molar-refractivity contribution >= 4 is 5.97 Å². The average Bonchev–Trinajstić information content (AvgIpc) is 2.15. The molecule has 88 valence electrons. The molecule has 1 atom stereocenters. The Labute approximate surface area is 89.9 Å². The molecule has 3 nitrogen and oxygen atoms in total. The van der Waals surface area contributed by atoms with E-state index < -0.39 is 23.6 Å². The van der Waals surface area contributed by atoms with Crippen LogP contribution in [-0.4, -0.2) is 16.1 Å². The number of halogens is 3. The van der Waals surface area contributed by atoms with Crippen molar-refractivity contribution in [3.05, 3.63) is 29.6 Å². The fourth-order valence-corrected chi connectivity index (χ4v) is 1.23. The molecule has 0 fully saturated rings. The maximum atomic E-state index is 12.2. The van der Waals surface area contributed by atoms with Gasteiger partial charge in [0.25, 0.3) is 0 Å². The van der Waals surface area contributed by atoms with Crippen molar-refractivity contribution in [3.63, 3.8) is 0 Å². The largest absolute Gasteiger partial charge is 0.481 e. The van der Waals surface area contributed by atoms with Crippen molar-refractivity contribution in [2.45, 2.75) is 25.4 Å². The second-order valence-electron chi connectivity index (χ2n) is 3.47. The van der Waals surface area contributed by atoms with Gasteiger partial charge < -0.3 is 5.11 Å². The van der Waals surface area contributed by atoms with Crippen LogP contribution >= 0.6 is 0 Å². The van der Waals surface area contributed by atoms with Crippen molar-refractivity contribution in [3.8, 4) is 0 Å². The highest BCUT2D eigenvalue weighted by Crippen LogP contribution is 2.29. The van der Waals surface area contributed by atoms with E-state index in [9.17, 15) is 18.0 Å². The molecule has 0 amide bonds. The van der Waals surface area contributed by atoms with Gasteiger partial charge in [0.1, 0.15) is 0 Å². The molecular formula is C10H10F3NO2. The Bertz CT molecular complexity index is 373. The minimum atomic E-state index is -4.42. The van der Waals surface area contributed by atoms with Crippen LogP contribution in [0.2, 0.25) is 0 Å². The van der Waals surface area contributed by atoms with Crippen LogP contribution in [0.5, 0.6) is 0 Å². The minimum Gasteiger partial charge on any atom is -0.481 e. The molecule has 0 aliphatic rings. The number of nitrogens with zero attached hydrogens (tertiary/aromatic N) is 1. The number of pyridine rings is 1. The molecule has 0 aliphatic carbocycles. The highest BCUT2D eigenvalue weighted by atomic mass is 19.4. The van der Waals surface area contributed by atoms with Crippen LogP contribution in [0, 0.1) is 0 Å². The Hall–Kier alpha value is -1.59. The highest BCUT2D eigenvalue weighted by molar-refractivity contribution is 5.67. The maximum absolute atomic E-state index is 12.2. The zero-order valence-corrected chi connectivity index (χ0v) is 8.45. The monoisotopic (exact) mass is 233 g/mol. The summed E-state index contributed by atoms with van der Waals surface area (Å²) in [4.78, 5) is 14.0. The van der Waals surface area contributed by atoms with E-state index in [0.717, 1.165) is 6.07 Å². The standard InChI is InChI=1S/C10H10F3NO2/c1-6(4-9(15)16)8-3-2-7(5-14-8)10(11,12)13/h2-3,5-6H,4H2,1H3,(H,15,16). The molecule has 0 radical (unpaired) electrons. The number of rotatable bonds is 3. The third kappa shape index (κ3) is 3.22. The zero-order chi connectivity index (χ0) is 12.3. The van der Waals surface area contributed by atoms with Crippen LogP contribution in [0.3, 0.4) is 0 Å². The Morgan fingerprint density at radius 3 is 2.50 bits per heavy atom. The Balaban J connectivity index is 2.83. The topological polar surface area (TPSA) is 50.2 Å². The van der Waals surface area contributed by atoms with E-state index in [0.29, 0.717) is 11.9 Å². The van der Waals surface area contributed by atoms with Crippen LogP contribution in [0.4, 0.5) is 13.2 Å². The SMILES string of the molecule is CC(CC(=O)O)c1ccc(C(F)(F)F)cn1. The van der Waals surface area contributed by atoms with Gasteiger partial charge in [0.05, 0.1) is 12.0 Å². The molecule has 1 aromatic heterocycles. The van der Waals surface area contributed by atoms with Gasteiger partial charge in [0.15, 0.2) is 0 Å². The number of carboxylic acids is 1. The fraction of sp³-hybridized carbons (Fsp3) is 0.400. The second kappa shape index (κ2) is 4.51. The average molecular weight is 233 g/mol. The highest BCUT2D eigenvalue weighted by Gasteiger charge is 2.30. The molecule has 0 aromatic carbocycles. The third-order valence-electron chi connectivity index (χ3n) is 2.10. The van der Waals surface area contributed by atoms with Gasteiger partial charge in [0.2, 0.25) is 0 Å². The van der Waals surface area contributed by atoms with Gasteiger partial charge in [-0.2, -0.15) is 13.2 Å². The molecule has 0 aliphatic heterocycles. The smallest absolute Gasteiger partial charge is 0.417 e. The first-order chi connectivity index (χ1) is 7.30. The molecule has 0 bridgehead atoms. The van der Waals surface area contributed by atoms with Gasteiger partial charge in [-0.25, -0.2) is 0 Å². The molecule has 16 heavy (non-hydrogen) atoms. The second-order valence-corrected chi connectivity index (χ2v) is 3.47. The predicted molar refractivity (Wildman–Crippen MR) is 49.9 cm³/mol. The number of alkyl halides is 3. The van der Waals surface area contributed by atoms with E-state index in [1.807, 2.05) is 0 Å². The van der Waals surface area contributed by atoms with E-state index in [4.69, 9.17) is 5.11 Å². The van der Waals surface area contributed by atoms with Crippen LogP contribution in [0.25, 0.3) is 0 Å². The van der Waals surface area contributed by atoms with Crippen LogP contribution in [-0.2, 0) is 11.0 Å². The summed E-state index contributed by atoms with van der Waals surface area (Å²) in [5.74, 6) is -1.41. The van der Waals surface area contributed by atoms with Crippen LogP contribution in [0.1, 0.15) is 30.5 Å². The molecule has 0 saturated heterocycles. The van der Waals surface area contributed by atoms with Crippen molar-refractivity contribution in [2.75, 3.05) is 0 Å².